The number of hydrogen-bond acceptors (Lipinski definition) is 5. The first-order chi connectivity index (χ1) is 12.7. The molecule has 4 atom stereocenters. The molecule has 1 heterocycles. The Morgan fingerprint density at radius 1 is 1.26 bits per heavy atom. The van der Waals surface area contributed by atoms with E-state index in [1.165, 1.54) is 6.92 Å². The van der Waals surface area contributed by atoms with Gasteiger partial charge in [0.2, 0.25) is 0 Å². The third-order valence-electron chi connectivity index (χ3n) is 5.41. The van der Waals surface area contributed by atoms with E-state index in [-0.39, 0.29) is 42.0 Å². The van der Waals surface area contributed by atoms with Gasteiger partial charge in [0.15, 0.2) is 0 Å². The summed E-state index contributed by atoms with van der Waals surface area (Å²) in [4.78, 5) is 36.4. The first kappa shape index (κ1) is 21.4. The van der Waals surface area contributed by atoms with Crippen LogP contribution in [0, 0.1) is 17.8 Å². The highest BCUT2D eigenvalue weighted by molar-refractivity contribution is 5.97. The molecule has 27 heavy (non-hydrogen) atoms. The highest BCUT2D eigenvalue weighted by Gasteiger charge is 2.40. The average Bonchev–Trinajstić information content (AvgIpc) is 2.85. The van der Waals surface area contributed by atoms with Crippen LogP contribution in [0.1, 0.15) is 66.7 Å². The number of carbonyl (C=O) groups excluding carboxylic acids is 3. The summed E-state index contributed by atoms with van der Waals surface area (Å²) in [5.74, 6) is -0.435. The van der Waals surface area contributed by atoms with Crippen molar-refractivity contribution in [1.82, 2.24) is 0 Å². The maximum absolute atomic E-state index is 12.4. The van der Waals surface area contributed by atoms with Crippen molar-refractivity contribution in [1.29, 1.82) is 0 Å². The van der Waals surface area contributed by atoms with Gasteiger partial charge in [0.25, 0.3) is 0 Å². The Morgan fingerprint density at radius 2 is 1.96 bits per heavy atom. The van der Waals surface area contributed by atoms with E-state index in [9.17, 15) is 14.4 Å². The van der Waals surface area contributed by atoms with E-state index in [2.05, 4.69) is 13.0 Å². The minimum atomic E-state index is -0.474. The van der Waals surface area contributed by atoms with E-state index in [0.717, 1.165) is 18.4 Å². The Kier molecular flexibility index (Phi) is 7.40. The van der Waals surface area contributed by atoms with E-state index in [1.54, 1.807) is 6.08 Å². The number of carbonyl (C=O) groups is 3. The van der Waals surface area contributed by atoms with Crippen LogP contribution < -0.4 is 0 Å². The molecule has 0 spiro atoms. The van der Waals surface area contributed by atoms with Crippen LogP contribution in [0.4, 0.5) is 0 Å². The lowest BCUT2D eigenvalue weighted by molar-refractivity contribution is -0.156. The highest BCUT2D eigenvalue weighted by atomic mass is 16.6. The van der Waals surface area contributed by atoms with E-state index < -0.39 is 12.1 Å². The van der Waals surface area contributed by atoms with Crippen molar-refractivity contribution in [2.75, 3.05) is 0 Å². The molecule has 1 aliphatic carbocycles. The second-order valence-corrected chi connectivity index (χ2v) is 8.39. The quantitative estimate of drug-likeness (QED) is 0.535. The lowest BCUT2D eigenvalue weighted by Crippen LogP contribution is -2.38. The van der Waals surface area contributed by atoms with Gasteiger partial charge in [0, 0.05) is 37.7 Å². The second-order valence-electron chi connectivity index (χ2n) is 8.39. The van der Waals surface area contributed by atoms with Crippen molar-refractivity contribution < 1.29 is 23.9 Å². The third kappa shape index (κ3) is 6.05. The Bertz CT molecular complexity index is 643. The van der Waals surface area contributed by atoms with Crippen LogP contribution in [0.5, 0.6) is 0 Å². The fraction of sp³-hybridized carbons (Fsp3) is 0.682. The molecule has 0 saturated heterocycles. The van der Waals surface area contributed by atoms with E-state index in [1.807, 2.05) is 20.8 Å². The number of fused-ring (bicyclic) bond motifs is 1. The molecule has 0 aromatic heterocycles. The van der Waals surface area contributed by atoms with E-state index in [0.29, 0.717) is 18.4 Å². The Balaban J connectivity index is 2.38. The van der Waals surface area contributed by atoms with Crippen LogP contribution in [0.15, 0.2) is 23.3 Å². The summed E-state index contributed by atoms with van der Waals surface area (Å²) in [5.41, 5.74) is 1.59. The molecule has 0 amide bonds. The van der Waals surface area contributed by atoms with Gasteiger partial charge in [-0.25, -0.2) is 4.79 Å². The summed E-state index contributed by atoms with van der Waals surface area (Å²) < 4.78 is 11.3. The largest absolute Gasteiger partial charge is 0.462 e. The SMILES string of the molecule is CC(=O)O[C@H]1C/C(C)=C\CC[C@H](C)CC(=O)CC2=C[C@@H](OC2=O)[C@@H]1C(C)C. The molecule has 5 heteroatoms. The predicted octanol–water partition coefficient (Wildman–Crippen LogP) is 4.16. The van der Waals surface area contributed by atoms with E-state index in [4.69, 9.17) is 9.47 Å². The van der Waals surface area contributed by atoms with Crippen LogP contribution in [0.25, 0.3) is 0 Å². The number of esters is 2. The zero-order chi connectivity index (χ0) is 20.1. The summed E-state index contributed by atoms with van der Waals surface area (Å²) in [6.07, 6.45) is 6.12. The van der Waals surface area contributed by atoms with Gasteiger partial charge in [-0.15, -0.1) is 0 Å². The van der Waals surface area contributed by atoms with Crippen molar-refractivity contribution in [2.24, 2.45) is 17.8 Å². The molecule has 2 bridgehead atoms. The van der Waals surface area contributed by atoms with Gasteiger partial charge in [0.05, 0.1) is 0 Å². The average molecular weight is 376 g/mol. The fourth-order valence-electron chi connectivity index (χ4n) is 4.10. The Labute approximate surface area is 162 Å². The molecule has 5 nitrogen and oxygen atoms in total. The van der Waals surface area contributed by atoms with Gasteiger partial charge >= 0.3 is 11.9 Å². The highest BCUT2D eigenvalue weighted by Crippen LogP contribution is 2.34. The maximum atomic E-state index is 12.4. The summed E-state index contributed by atoms with van der Waals surface area (Å²) in [6.45, 7) is 9.58. The molecule has 0 saturated carbocycles. The van der Waals surface area contributed by atoms with E-state index >= 15 is 0 Å². The van der Waals surface area contributed by atoms with Crippen LogP contribution in [0.2, 0.25) is 0 Å². The van der Waals surface area contributed by atoms with Gasteiger partial charge in [-0.05, 0) is 37.7 Å². The first-order valence-corrected chi connectivity index (χ1v) is 9.93. The normalized spacial score (nSPS) is 32.2. The minimum Gasteiger partial charge on any atom is -0.462 e. The number of allylic oxidation sites excluding steroid dienone is 1. The topological polar surface area (TPSA) is 69.7 Å². The standard InChI is InChI=1S/C22H32O5/c1-13(2)21-19(26-16(5)23)10-15(4)8-6-7-14(3)9-18(24)11-17-12-20(21)27-22(17)25/h8,12-14,19-21H,6-7,9-11H2,1-5H3/b15-8-/t14-,19-,20+,21+/m0/s1. The smallest absolute Gasteiger partial charge is 0.334 e. The van der Waals surface area contributed by atoms with Crippen LogP contribution in [-0.2, 0) is 23.9 Å². The second kappa shape index (κ2) is 9.34. The number of rotatable bonds is 2. The summed E-state index contributed by atoms with van der Waals surface area (Å²) in [7, 11) is 0. The molecule has 0 radical (unpaired) electrons. The van der Waals surface area contributed by atoms with Crippen LogP contribution in [-0.4, -0.2) is 29.9 Å². The number of ketones is 1. The molecule has 0 N–H and O–H groups in total. The molecule has 1 aliphatic heterocycles. The molecule has 0 aromatic carbocycles. The lowest BCUT2D eigenvalue weighted by Gasteiger charge is -2.33. The fourth-order valence-corrected chi connectivity index (χ4v) is 4.10. The monoisotopic (exact) mass is 376 g/mol. The lowest BCUT2D eigenvalue weighted by atomic mass is 9.82. The van der Waals surface area contributed by atoms with Gasteiger partial charge in [-0.1, -0.05) is 32.4 Å². The van der Waals surface area contributed by atoms with Crippen LogP contribution >= 0.6 is 0 Å². The van der Waals surface area contributed by atoms with Crippen molar-refractivity contribution in [3.63, 3.8) is 0 Å². The summed E-state index contributed by atoms with van der Waals surface area (Å²) >= 11 is 0. The molecule has 2 rings (SSSR count). The molecule has 150 valence electrons. The molecule has 0 aromatic rings. The zero-order valence-electron chi connectivity index (χ0n) is 17.1. The zero-order valence-corrected chi connectivity index (χ0v) is 17.1. The Hall–Kier alpha value is -1.91. The van der Waals surface area contributed by atoms with Crippen LogP contribution in [0.3, 0.4) is 0 Å². The maximum Gasteiger partial charge on any atom is 0.334 e. The van der Waals surface area contributed by atoms with Gasteiger partial charge < -0.3 is 9.47 Å². The van der Waals surface area contributed by atoms with Crippen molar-refractivity contribution in [3.05, 3.63) is 23.3 Å². The summed E-state index contributed by atoms with van der Waals surface area (Å²) in [5, 5.41) is 0. The number of ether oxygens (including phenoxy) is 2. The molecule has 2 aliphatic rings. The van der Waals surface area contributed by atoms with Gasteiger partial charge in [-0.3, -0.25) is 9.59 Å². The molecular weight excluding hydrogens is 344 g/mol. The van der Waals surface area contributed by atoms with Crippen molar-refractivity contribution in [2.45, 2.75) is 78.9 Å². The predicted molar refractivity (Wildman–Crippen MR) is 103 cm³/mol. The molecule has 0 unspecified atom stereocenters. The number of Topliss-reactive ketones (excluding diaryl/α,β-unsaturated/α-hetero) is 1. The third-order valence-corrected chi connectivity index (χ3v) is 5.41. The number of hydrogen-bond donors (Lipinski definition) is 0. The van der Waals surface area contributed by atoms with Crippen molar-refractivity contribution in [3.8, 4) is 0 Å². The van der Waals surface area contributed by atoms with Gasteiger partial charge in [-0.2, -0.15) is 0 Å². The first-order valence-electron chi connectivity index (χ1n) is 9.93. The van der Waals surface area contributed by atoms with Gasteiger partial charge in [0.1, 0.15) is 18.0 Å². The summed E-state index contributed by atoms with van der Waals surface area (Å²) in [6, 6.07) is 0. The van der Waals surface area contributed by atoms with Crippen molar-refractivity contribution >= 4 is 17.7 Å². The molecular formula is C22H32O5. The Morgan fingerprint density at radius 3 is 2.59 bits per heavy atom. The minimum absolute atomic E-state index is 0.0711. The molecule has 0 fully saturated rings.